The molecular formula is C13H27ClN2O2. The molecule has 0 aromatic carbocycles. The standard InChI is InChI=1S/C13H26N2O2.ClH/c1-3-4-5-10-17-11-13(16)15(2)12-6-8-14-9-7-12;/h12,14H,3-11H2,1-2H3;1H. The van der Waals surface area contributed by atoms with Crippen molar-refractivity contribution in [3.8, 4) is 0 Å². The van der Waals surface area contributed by atoms with Gasteiger partial charge < -0.3 is 15.0 Å². The Balaban J connectivity index is 0.00000289. The van der Waals surface area contributed by atoms with Crippen LogP contribution in [0.15, 0.2) is 0 Å². The summed E-state index contributed by atoms with van der Waals surface area (Å²) in [5.74, 6) is 0.119. The molecule has 108 valence electrons. The number of hydrogen-bond donors (Lipinski definition) is 1. The quantitative estimate of drug-likeness (QED) is 0.723. The minimum Gasteiger partial charge on any atom is -0.372 e. The molecule has 5 heteroatoms. The molecule has 1 amide bonds. The maximum atomic E-state index is 11.9. The van der Waals surface area contributed by atoms with Crippen molar-refractivity contribution in [2.24, 2.45) is 0 Å². The Bertz CT molecular complexity index is 221. The van der Waals surface area contributed by atoms with Gasteiger partial charge in [0, 0.05) is 19.7 Å². The fourth-order valence-electron chi connectivity index (χ4n) is 2.11. The van der Waals surface area contributed by atoms with E-state index in [-0.39, 0.29) is 24.9 Å². The van der Waals surface area contributed by atoms with E-state index in [9.17, 15) is 4.79 Å². The topological polar surface area (TPSA) is 41.6 Å². The first kappa shape index (κ1) is 17.7. The van der Waals surface area contributed by atoms with E-state index in [4.69, 9.17) is 4.74 Å². The second kappa shape index (κ2) is 10.6. The van der Waals surface area contributed by atoms with E-state index in [1.165, 1.54) is 12.8 Å². The van der Waals surface area contributed by atoms with Gasteiger partial charge >= 0.3 is 0 Å². The second-order valence-electron chi connectivity index (χ2n) is 4.75. The summed E-state index contributed by atoms with van der Waals surface area (Å²) >= 11 is 0. The first-order valence-corrected chi connectivity index (χ1v) is 6.79. The molecule has 0 aliphatic carbocycles. The zero-order chi connectivity index (χ0) is 12.5. The molecular weight excluding hydrogens is 252 g/mol. The minimum atomic E-state index is 0. The van der Waals surface area contributed by atoms with E-state index in [2.05, 4.69) is 12.2 Å². The highest BCUT2D eigenvalue weighted by Crippen LogP contribution is 2.10. The van der Waals surface area contributed by atoms with Crippen LogP contribution in [0, 0.1) is 0 Å². The monoisotopic (exact) mass is 278 g/mol. The molecule has 0 aromatic rings. The Morgan fingerprint density at radius 1 is 1.33 bits per heavy atom. The summed E-state index contributed by atoms with van der Waals surface area (Å²) in [4.78, 5) is 13.7. The highest BCUT2D eigenvalue weighted by molar-refractivity contribution is 5.85. The van der Waals surface area contributed by atoms with Gasteiger partial charge in [-0.2, -0.15) is 0 Å². The molecule has 0 spiro atoms. The van der Waals surface area contributed by atoms with E-state index in [1.807, 2.05) is 11.9 Å². The van der Waals surface area contributed by atoms with Gasteiger partial charge in [-0.15, -0.1) is 12.4 Å². The number of halogens is 1. The van der Waals surface area contributed by atoms with Crippen molar-refractivity contribution in [2.75, 3.05) is 33.4 Å². The Labute approximate surface area is 117 Å². The van der Waals surface area contributed by atoms with Crippen molar-refractivity contribution in [3.05, 3.63) is 0 Å². The minimum absolute atomic E-state index is 0. The number of rotatable bonds is 7. The van der Waals surface area contributed by atoms with E-state index >= 15 is 0 Å². The van der Waals surface area contributed by atoms with Gasteiger partial charge in [-0.3, -0.25) is 4.79 Å². The molecule has 0 saturated carbocycles. The summed E-state index contributed by atoms with van der Waals surface area (Å²) in [6, 6.07) is 0.392. The largest absolute Gasteiger partial charge is 0.372 e. The van der Waals surface area contributed by atoms with Crippen LogP contribution in [0.25, 0.3) is 0 Å². The van der Waals surface area contributed by atoms with Gasteiger partial charge in [0.25, 0.3) is 0 Å². The van der Waals surface area contributed by atoms with Gasteiger partial charge in [-0.1, -0.05) is 19.8 Å². The van der Waals surface area contributed by atoms with Gasteiger partial charge in [0.2, 0.25) is 5.91 Å². The number of nitrogens with one attached hydrogen (secondary N) is 1. The number of nitrogens with zero attached hydrogens (tertiary/aromatic N) is 1. The smallest absolute Gasteiger partial charge is 0.248 e. The second-order valence-corrected chi connectivity index (χ2v) is 4.75. The zero-order valence-corrected chi connectivity index (χ0v) is 12.4. The van der Waals surface area contributed by atoms with Crippen LogP contribution in [0.5, 0.6) is 0 Å². The molecule has 1 rings (SSSR count). The molecule has 1 saturated heterocycles. The van der Waals surface area contributed by atoms with Crippen LogP contribution in [-0.4, -0.2) is 50.2 Å². The van der Waals surface area contributed by atoms with E-state index in [0.717, 1.165) is 32.4 Å². The van der Waals surface area contributed by atoms with Crippen LogP contribution in [-0.2, 0) is 9.53 Å². The number of amides is 1. The Morgan fingerprint density at radius 3 is 2.61 bits per heavy atom. The highest BCUT2D eigenvalue weighted by Gasteiger charge is 2.21. The lowest BCUT2D eigenvalue weighted by atomic mass is 10.1. The molecule has 0 bridgehead atoms. The van der Waals surface area contributed by atoms with Gasteiger partial charge in [-0.25, -0.2) is 0 Å². The zero-order valence-electron chi connectivity index (χ0n) is 11.6. The van der Waals surface area contributed by atoms with Gasteiger partial charge in [-0.05, 0) is 32.4 Å². The first-order chi connectivity index (χ1) is 8.25. The third kappa shape index (κ3) is 6.57. The number of ether oxygens (including phenoxy) is 1. The number of likely N-dealkylation sites (N-methyl/N-ethyl adjacent to an activating group) is 1. The lowest BCUT2D eigenvalue weighted by molar-refractivity contribution is -0.137. The molecule has 18 heavy (non-hydrogen) atoms. The van der Waals surface area contributed by atoms with E-state index in [0.29, 0.717) is 12.6 Å². The van der Waals surface area contributed by atoms with Crippen molar-refractivity contribution in [2.45, 2.75) is 45.1 Å². The van der Waals surface area contributed by atoms with Crippen LogP contribution >= 0.6 is 12.4 Å². The Kier molecular flexibility index (Phi) is 10.4. The fraction of sp³-hybridized carbons (Fsp3) is 0.923. The van der Waals surface area contributed by atoms with Crippen LogP contribution in [0.2, 0.25) is 0 Å². The van der Waals surface area contributed by atoms with Crippen LogP contribution in [0.1, 0.15) is 39.0 Å². The number of piperidine rings is 1. The van der Waals surface area contributed by atoms with Crippen molar-refractivity contribution in [1.29, 1.82) is 0 Å². The Morgan fingerprint density at radius 2 is 2.00 bits per heavy atom. The number of carbonyl (C=O) groups is 1. The van der Waals surface area contributed by atoms with E-state index in [1.54, 1.807) is 0 Å². The van der Waals surface area contributed by atoms with Crippen molar-refractivity contribution in [3.63, 3.8) is 0 Å². The van der Waals surface area contributed by atoms with Crippen molar-refractivity contribution in [1.82, 2.24) is 10.2 Å². The number of carbonyl (C=O) groups excluding carboxylic acids is 1. The summed E-state index contributed by atoms with van der Waals surface area (Å²) in [6.45, 7) is 5.14. The van der Waals surface area contributed by atoms with E-state index < -0.39 is 0 Å². The number of unbranched alkanes of at least 4 members (excludes halogenated alkanes) is 2. The van der Waals surface area contributed by atoms with Gasteiger partial charge in [0.15, 0.2) is 0 Å². The van der Waals surface area contributed by atoms with Gasteiger partial charge in [0.05, 0.1) is 0 Å². The molecule has 1 aliphatic rings. The third-order valence-electron chi connectivity index (χ3n) is 3.37. The Hall–Kier alpha value is -0.320. The normalized spacial score (nSPS) is 16.1. The molecule has 0 aromatic heterocycles. The predicted molar refractivity (Wildman–Crippen MR) is 76.3 cm³/mol. The maximum Gasteiger partial charge on any atom is 0.248 e. The molecule has 1 N–H and O–H groups in total. The summed E-state index contributed by atoms with van der Waals surface area (Å²) in [7, 11) is 1.90. The molecule has 1 aliphatic heterocycles. The van der Waals surface area contributed by atoms with Gasteiger partial charge in [0.1, 0.15) is 6.61 Å². The van der Waals surface area contributed by atoms with Crippen LogP contribution < -0.4 is 5.32 Å². The average Bonchev–Trinajstić information content (AvgIpc) is 2.38. The third-order valence-corrected chi connectivity index (χ3v) is 3.37. The molecule has 0 radical (unpaired) electrons. The van der Waals surface area contributed by atoms with Crippen LogP contribution in [0.4, 0.5) is 0 Å². The van der Waals surface area contributed by atoms with Crippen LogP contribution in [0.3, 0.4) is 0 Å². The summed E-state index contributed by atoms with van der Waals surface area (Å²) in [6.07, 6.45) is 5.53. The lowest BCUT2D eigenvalue weighted by Gasteiger charge is -2.31. The maximum absolute atomic E-state index is 11.9. The highest BCUT2D eigenvalue weighted by atomic mass is 35.5. The predicted octanol–water partition coefficient (Wildman–Crippen LogP) is 1.83. The van der Waals surface area contributed by atoms with Crippen molar-refractivity contribution >= 4 is 18.3 Å². The summed E-state index contributed by atoms with van der Waals surface area (Å²) < 4.78 is 5.40. The molecule has 1 heterocycles. The van der Waals surface area contributed by atoms with Crippen molar-refractivity contribution < 1.29 is 9.53 Å². The SMILES string of the molecule is CCCCCOCC(=O)N(C)C1CCNCC1.Cl. The molecule has 1 fully saturated rings. The molecule has 4 nitrogen and oxygen atoms in total. The fourth-order valence-corrected chi connectivity index (χ4v) is 2.11. The number of hydrogen-bond acceptors (Lipinski definition) is 3. The molecule has 0 unspecified atom stereocenters. The molecule has 0 atom stereocenters. The summed E-state index contributed by atoms with van der Waals surface area (Å²) in [5.41, 5.74) is 0. The lowest BCUT2D eigenvalue weighted by Crippen LogP contribution is -2.45. The average molecular weight is 279 g/mol. The first-order valence-electron chi connectivity index (χ1n) is 6.79. The summed E-state index contributed by atoms with van der Waals surface area (Å²) in [5, 5.41) is 3.31.